The lowest BCUT2D eigenvalue weighted by molar-refractivity contribution is 0.285. The average molecular weight is 332 g/mol. The molecule has 2 aromatic carbocycles. The summed E-state index contributed by atoms with van der Waals surface area (Å²) >= 11 is 1.57. The number of anilines is 2. The van der Waals surface area contributed by atoms with Gasteiger partial charge >= 0.3 is 0 Å². The summed E-state index contributed by atoms with van der Waals surface area (Å²) in [6.07, 6.45) is 3.66. The zero-order valence-corrected chi connectivity index (χ0v) is 13.8. The third-order valence-corrected chi connectivity index (χ3v) is 4.98. The van der Waals surface area contributed by atoms with E-state index in [1.807, 2.05) is 36.7 Å². The lowest BCUT2D eigenvalue weighted by Crippen LogP contribution is -1.91. The molecule has 4 rings (SSSR count). The van der Waals surface area contributed by atoms with Crippen molar-refractivity contribution in [3.05, 3.63) is 77.9 Å². The van der Waals surface area contributed by atoms with Crippen molar-refractivity contribution in [3.8, 4) is 11.1 Å². The molecular formula is C20H16N2OS. The highest BCUT2D eigenvalue weighted by Gasteiger charge is 2.07. The van der Waals surface area contributed by atoms with Crippen LogP contribution in [0.1, 0.15) is 4.88 Å². The number of nitrogens with zero attached hydrogens (tertiary/aromatic N) is 1. The number of aliphatic hydroxyl groups is 1. The van der Waals surface area contributed by atoms with Gasteiger partial charge in [-0.05, 0) is 29.3 Å². The lowest BCUT2D eigenvalue weighted by Gasteiger charge is -2.08. The van der Waals surface area contributed by atoms with E-state index < -0.39 is 0 Å². The molecule has 0 radical (unpaired) electrons. The van der Waals surface area contributed by atoms with Crippen molar-refractivity contribution in [1.82, 2.24) is 4.98 Å². The third-order valence-electron chi connectivity index (χ3n) is 3.92. The summed E-state index contributed by atoms with van der Waals surface area (Å²) in [6.45, 7) is 0.0601. The van der Waals surface area contributed by atoms with E-state index in [1.54, 1.807) is 11.3 Å². The minimum atomic E-state index is 0.0601. The summed E-state index contributed by atoms with van der Waals surface area (Å²) in [4.78, 5) is 5.23. The number of hydrogen-bond donors (Lipinski definition) is 2. The van der Waals surface area contributed by atoms with E-state index in [2.05, 4.69) is 46.7 Å². The minimum Gasteiger partial charge on any atom is -0.391 e. The fourth-order valence-electron chi connectivity index (χ4n) is 2.72. The van der Waals surface area contributed by atoms with Gasteiger partial charge in [0.15, 0.2) is 0 Å². The molecule has 2 N–H and O–H groups in total. The van der Waals surface area contributed by atoms with Crippen LogP contribution in [-0.4, -0.2) is 10.1 Å². The second kappa shape index (κ2) is 6.43. The highest BCUT2D eigenvalue weighted by atomic mass is 32.1. The number of aromatic nitrogens is 1. The Labute approximate surface area is 144 Å². The predicted octanol–water partition coefficient (Wildman–Crippen LogP) is 5.20. The Bertz CT molecular complexity index is 962. The standard InChI is InChI=1S/C20H16N2OS/c23-13-17-10-18-19(11-21-12-20(18)24-17)22-16-8-6-15(7-9-16)14-4-2-1-3-5-14/h1-12,22-23H,13H2. The second-order valence-electron chi connectivity index (χ2n) is 5.54. The van der Waals surface area contributed by atoms with Crippen LogP contribution in [0.5, 0.6) is 0 Å². The van der Waals surface area contributed by atoms with Crippen molar-refractivity contribution < 1.29 is 5.11 Å². The number of hydrogen-bond acceptors (Lipinski definition) is 4. The number of pyridine rings is 1. The molecule has 4 aromatic rings. The Morgan fingerprint density at radius 2 is 1.67 bits per heavy atom. The molecule has 0 saturated heterocycles. The first-order valence-electron chi connectivity index (χ1n) is 7.73. The molecule has 0 fully saturated rings. The van der Waals surface area contributed by atoms with Crippen LogP contribution in [0.15, 0.2) is 73.1 Å². The van der Waals surface area contributed by atoms with Crippen LogP contribution >= 0.6 is 11.3 Å². The Kier molecular flexibility index (Phi) is 3.99. The van der Waals surface area contributed by atoms with Gasteiger partial charge in [0, 0.05) is 22.1 Å². The van der Waals surface area contributed by atoms with Crippen LogP contribution < -0.4 is 5.32 Å². The molecule has 0 bridgehead atoms. The predicted molar refractivity (Wildman–Crippen MR) is 101 cm³/mol. The molecule has 0 atom stereocenters. The molecule has 0 amide bonds. The van der Waals surface area contributed by atoms with Gasteiger partial charge in [0.05, 0.1) is 23.2 Å². The average Bonchev–Trinajstić information content (AvgIpc) is 3.08. The first-order valence-corrected chi connectivity index (χ1v) is 8.55. The van der Waals surface area contributed by atoms with Crippen LogP contribution in [0, 0.1) is 0 Å². The Hall–Kier alpha value is -2.69. The smallest absolute Gasteiger partial charge is 0.0774 e. The van der Waals surface area contributed by atoms with Gasteiger partial charge in [-0.1, -0.05) is 42.5 Å². The van der Waals surface area contributed by atoms with E-state index in [9.17, 15) is 5.11 Å². The van der Waals surface area contributed by atoms with E-state index in [4.69, 9.17) is 0 Å². The van der Waals surface area contributed by atoms with Crippen molar-refractivity contribution in [1.29, 1.82) is 0 Å². The van der Waals surface area contributed by atoms with Gasteiger partial charge in [-0.2, -0.15) is 0 Å². The molecule has 2 aromatic heterocycles. The molecule has 0 aliphatic carbocycles. The Morgan fingerprint density at radius 3 is 2.42 bits per heavy atom. The number of thiophene rings is 1. The van der Waals surface area contributed by atoms with Crippen molar-refractivity contribution in [3.63, 3.8) is 0 Å². The monoisotopic (exact) mass is 332 g/mol. The topological polar surface area (TPSA) is 45.1 Å². The summed E-state index contributed by atoms with van der Waals surface area (Å²) in [5.74, 6) is 0. The van der Waals surface area contributed by atoms with Crippen molar-refractivity contribution in [2.75, 3.05) is 5.32 Å². The second-order valence-corrected chi connectivity index (χ2v) is 6.71. The zero-order chi connectivity index (χ0) is 16.4. The van der Waals surface area contributed by atoms with E-state index in [0.717, 1.165) is 26.3 Å². The van der Waals surface area contributed by atoms with Gasteiger partial charge in [-0.3, -0.25) is 4.98 Å². The molecule has 0 aliphatic rings. The van der Waals surface area contributed by atoms with Crippen molar-refractivity contribution in [2.24, 2.45) is 0 Å². The van der Waals surface area contributed by atoms with Crippen molar-refractivity contribution in [2.45, 2.75) is 6.61 Å². The molecular weight excluding hydrogens is 316 g/mol. The first kappa shape index (κ1) is 14.9. The number of rotatable bonds is 4. The van der Waals surface area contributed by atoms with Gasteiger partial charge in [0.2, 0.25) is 0 Å². The Balaban J connectivity index is 1.63. The van der Waals surface area contributed by atoms with Gasteiger partial charge in [0.1, 0.15) is 0 Å². The molecule has 0 spiro atoms. The summed E-state index contributed by atoms with van der Waals surface area (Å²) in [7, 11) is 0. The van der Waals surface area contributed by atoms with E-state index in [1.165, 1.54) is 11.1 Å². The molecule has 3 nitrogen and oxygen atoms in total. The summed E-state index contributed by atoms with van der Waals surface area (Å²) < 4.78 is 1.07. The molecule has 0 unspecified atom stereocenters. The maximum atomic E-state index is 9.33. The molecule has 2 heterocycles. The maximum Gasteiger partial charge on any atom is 0.0774 e. The normalized spacial score (nSPS) is 10.9. The van der Waals surface area contributed by atoms with Gasteiger partial charge in [0.25, 0.3) is 0 Å². The molecule has 4 heteroatoms. The number of benzene rings is 2. The SMILES string of the molecule is OCc1cc2c(Nc3ccc(-c4ccccc4)cc3)cncc2s1. The summed E-state index contributed by atoms with van der Waals surface area (Å²) in [5, 5.41) is 13.8. The fraction of sp³-hybridized carbons (Fsp3) is 0.0500. The highest BCUT2D eigenvalue weighted by Crippen LogP contribution is 2.32. The maximum absolute atomic E-state index is 9.33. The number of aliphatic hydroxyl groups excluding tert-OH is 1. The number of nitrogens with one attached hydrogen (secondary N) is 1. The van der Waals surface area contributed by atoms with Crippen molar-refractivity contribution >= 4 is 32.8 Å². The van der Waals surface area contributed by atoms with Gasteiger partial charge < -0.3 is 10.4 Å². The third kappa shape index (κ3) is 2.89. The first-order chi connectivity index (χ1) is 11.8. The van der Waals surface area contributed by atoms with Crippen LogP contribution in [0.2, 0.25) is 0 Å². The number of fused-ring (bicyclic) bond motifs is 1. The van der Waals surface area contributed by atoms with Crippen LogP contribution in [0.4, 0.5) is 11.4 Å². The largest absolute Gasteiger partial charge is 0.391 e. The van der Waals surface area contributed by atoms with Gasteiger partial charge in [-0.15, -0.1) is 11.3 Å². The quantitative estimate of drug-likeness (QED) is 0.540. The van der Waals surface area contributed by atoms with E-state index in [-0.39, 0.29) is 6.61 Å². The summed E-state index contributed by atoms with van der Waals surface area (Å²) in [6, 6.07) is 20.7. The molecule has 118 valence electrons. The minimum absolute atomic E-state index is 0.0601. The summed E-state index contributed by atoms with van der Waals surface area (Å²) in [5.41, 5.74) is 4.37. The van der Waals surface area contributed by atoms with Gasteiger partial charge in [-0.25, -0.2) is 0 Å². The molecule has 0 aliphatic heterocycles. The fourth-order valence-corrected chi connectivity index (χ4v) is 3.64. The lowest BCUT2D eigenvalue weighted by atomic mass is 10.1. The van der Waals surface area contributed by atoms with Crippen LogP contribution in [-0.2, 0) is 6.61 Å². The zero-order valence-electron chi connectivity index (χ0n) is 12.9. The molecule has 24 heavy (non-hydrogen) atoms. The Morgan fingerprint density at radius 1 is 0.917 bits per heavy atom. The van der Waals surface area contributed by atoms with Crippen LogP contribution in [0.3, 0.4) is 0 Å². The van der Waals surface area contributed by atoms with E-state index >= 15 is 0 Å². The van der Waals surface area contributed by atoms with E-state index in [0.29, 0.717) is 0 Å². The van der Waals surface area contributed by atoms with Crippen LogP contribution in [0.25, 0.3) is 21.2 Å². The molecule has 0 saturated carbocycles. The highest BCUT2D eigenvalue weighted by molar-refractivity contribution is 7.19.